The molecule has 0 aliphatic heterocycles. The minimum atomic E-state index is -0.833. The van der Waals surface area contributed by atoms with Crippen molar-refractivity contribution in [2.45, 2.75) is 0 Å². The van der Waals surface area contributed by atoms with Crippen LogP contribution in [-0.2, 0) is 10.7 Å². The molecule has 0 heterocycles. The lowest BCUT2D eigenvalue weighted by atomic mass is 11.5. The van der Waals surface area contributed by atoms with Crippen molar-refractivity contribution in [3.8, 4) is 6.19 Å². The molecule has 0 aliphatic rings. The Morgan fingerprint density at radius 1 is 2.00 bits per heavy atom. The summed E-state index contributed by atoms with van der Waals surface area (Å²) >= 11 is 3.46. The lowest BCUT2D eigenvalue weighted by Gasteiger charge is -1.83. The zero-order chi connectivity index (χ0) is 6.57. The number of carbonyl (C=O) groups is 1. The van der Waals surface area contributed by atoms with Gasteiger partial charge in [-0.25, -0.2) is 0 Å². The molecule has 0 rings (SSSR count). The Labute approximate surface area is 55.2 Å². The van der Waals surface area contributed by atoms with Crippen LogP contribution in [-0.4, -0.2) is 10.7 Å². The third-order valence-electron chi connectivity index (χ3n) is 0.430. The van der Waals surface area contributed by atoms with Crippen molar-refractivity contribution in [2.24, 2.45) is 4.36 Å². The van der Waals surface area contributed by atoms with E-state index in [1.165, 1.54) is 6.19 Å². The largest absolute Gasteiger partial charge is 0.274 e. The predicted octanol–water partition coefficient (Wildman–Crippen LogP) is 0.949. The highest BCUT2D eigenvalue weighted by Crippen LogP contribution is 1.90. The number of nitrogens with zero attached hydrogens (tertiary/aromatic N) is 2. The summed E-state index contributed by atoms with van der Waals surface area (Å²) in [6, 6.07) is 0. The van der Waals surface area contributed by atoms with Crippen LogP contribution in [0.1, 0.15) is 0 Å². The summed E-state index contributed by atoms with van der Waals surface area (Å²) in [5.74, 6) is 0. The van der Waals surface area contributed by atoms with Gasteiger partial charge in [0, 0.05) is 6.26 Å². The van der Waals surface area contributed by atoms with Crippen LogP contribution in [0.25, 0.3) is 0 Å². The number of rotatable bonds is 0. The Morgan fingerprint density at radius 3 is 2.62 bits per heavy atom. The van der Waals surface area contributed by atoms with E-state index in [1.54, 1.807) is 6.26 Å². The summed E-state index contributed by atoms with van der Waals surface area (Å²) in [6.07, 6.45) is 3.06. The molecule has 0 aromatic carbocycles. The lowest BCUT2D eigenvalue weighted by molar-refractivity contribution is 0.276. The fourth-order valence-corrected chi connectivity index (χ4v) is 0.423. The summed E-state index contributed by atoms with van der Waals surface area (Å²) < 4.78 is 2.88. The molecule has 0 aliphatic carbocycles. The lowest BCUT2D eigenvalue weighted by Crippen LogP contribution is -1.90. The van der Waals surface area contributed by atoms with Gasteiger partial charge in [-0.15, -0.1) is 4.36 Å². The molecular weight excluding hydrogens is 144 g/mol. The SMILES string of the molecule is CS(=NC#N)C(=O)S. The maximum absolute atomic E-state index is 10.2. The van der Waals surface area contributed by atoms with Crippen LogP contribution >= 0.6 is 12.6 Å². The fourth-order valence-electron chi connectivity index (χ4n) is 0.100. The van der Waals surface area contributed by atoms with E-state index in [2.05, 4.69) is 17.0 Å². The highest BCUT2D eigenvalue weighted by atomic mass is 32.2. The van der Waals surface area contributed by atoms with Crippen molar-refractivity contribution in [1.82, 2.24) is 0 Å². The van der Waals surface area contributed by atoms with Gasteiger partial charge in [-0.3, -0.25) is 4.79 Å². The van der Waals surface area contributed by atoms with Crippen LogP contribution in [0, 0.1) is 11.5 Å². The van der Waals surface area contributed by atoms with Gasteiger partial charge in [0.05, 0.1) is 0 Å². The van der Waals surface area contributed by atoms with Gasteiger partial charge in [-0.2, -0.15) is 5.26 Å². The molecule has 0 amide bonds. The van der Waals surface area contributed by atoms with E-state index in [1.807, 2.05) is 0 Å². The van der Waals surface area contributed by atoms with Crippen LogP contribution in [0.5, 0.6) is 0 Å². The zero-order valence-electron chi connectivity index (χ0n) is 4.16. The molecule has 3 nitrogen and oxygen atoms in total. The first-order chi connectivity index (χ1) is 3.68. The molecule has 44 valence electrons. The second-order valence-corrected chi connectivity index (χ2v) is 3.15. The first kappa shape index (κ1) is 7.66. The standard InChI is InChI=1S/C3H4N2OS2/c1-8(3(6)7)5-2-4/h1H3,(H,6,7). The van der Waals surface area contributed by atoms with Gasteiger partial charge < -0.3 is 0 Å². The third-order valence-corrected chi connectivity index (χ3v) is 2.08. The van der Waals surface area contributed by atoms with Gasteiger partial charge in [-0.05, 0) is 10.7 Å². The Hall–Kier alpha value is -0.340. The van der Waals surface area contributed by atoms with Gasteiger partial charge in [0.15, 0.2) is 0 Å². The van der Waals surface area contributed by atoms with Crippen molar-refractivity contribution in [3.63, 3.8) is 0 Å². The van der Waals surface area contributed by atoms with E-state index in [0.717, 1.165) is 0 Å². The molecule has 1 unspecified atom stereocenters. The number of carbonyl (C=O) groups excluding carboxylic acids is 1. The van der Waals surface area contributed by atoms with Crippen LogP contribution in [0.3, 0.4) is 0 Å². The Balaban J connectivity index is 4.06. The van der Waals surface area contributed by atoms with Gasteiger partial charge >= 0.3 is 0 Å². The highest BCUT2D eigenvalue weighted by molar-refractivity contribution is 8.25. The molecule has 0 saturated heterocycles. The van der Waals surface area contributed by atoms with E-state index in [4.69, 9.17) is 5.26 Å². The average molecular weight is 148 g/mol. The highest BCUT2D eigenvalue weighted by Gasteiger charge is 1.93. The quantitative estimate of drug-likeness (QED) is 0.410. The van der Waals surface area contributed by atoms with Crippen LogP contribution in [0.15, 0.2) is 4.36 Å². The Kier molecular flexibility index (Phi) is 3.48. The molecule has 5 heteroatoms. The maximum atomic E-state index is 10.2. The van der Waals surface area contributed by atoms with Crippen molar-refractivity contribution >= 4 is 27.8 Å². The van der Waals surface area contributed by atoms with Crippen LogP contribution in [0.2, 0.25) is 0 Å². The molecule has 0 fully saturated rings. The zero-order valence-corrected chi connectivity index (χ0v) is 5.87. The minimum Gasteiger partial charge on any atom is -0.274 e. The fraction of sp³-hybridized carbons (Fsp3) is 0.333. The molecule has 0 spiro atoms. The second kappa shape index (κ2) is 3.64. The Morgan fingerprint density at radius 2 is 2.50 bits per heavy atom. The first-order valence-corrected chi connectivity index (χ1v) is 3.71. The monoisotopic (exact) mass is 148 g/mol. The van der Waals surface area contributed by atoms with Crippen molar-refractivity contribution < 1.29 is 4.79 Å². The molecule has 1 atom stereocenters. The topological polar surface area (TPSA) is 53.2 Å². The number of thiol groups is 1. The molecular formula is C3H4N2OS2. The number of hydrogen-bond donors (Lipinski definition) is 1. The van der Waals surface area contributed by atoms with Gasteiger partial charge in [0.1, 0.15) is 0 Å². The van der Waals surface area contributed by atoms with Crippen molar-refractivity contribution in [1.29, 1.82) is 5.26 Å². The maximum Gasteiger partial charge on any atom is 0.254 e. The number of hydrogen-bond acceptors (Lipinski definition) is 3. The summed E-state index contributed by atoms with van der Waals surface area (Å²) in [6.45, 7) is 0. The summed E-state index contributed by atoms with van der Waals surface area (Å²) in [5.41, 5.74) is 0. The van der Waals surface area contributed by atoms with E-state index >= 15 is 0 Å². The third kappa shape index (κ3) is 2.77. The number of nitriles is 1. The summed E-state index contributed by atoms with van der Waals surface area (Å²) in [4.78, 5) is 10.2. The van der Waals surface area contributed by atoms with Crippen LogP contribution in [0.4, 0.5) is 4.79 Å². The minimum absolute atomic E-state index is 0.355. The van der Waals surface area contributed by atoms with Crippen LogP contribution < -0.4 is 0 Å². The first-order valence-electron chi connectivity index (χ1n) is 1.67. The molecule has 0 N–H and O–H groups in total. The molecule has 0 bridgehead atoms. The summed E-state index contributed by atoms with van der Waals surface area (Å²) in [5, 5.41) is 7.89. The molecule has 0 radical (unpaired) electrons. The molecule has 8 heavy (non-hydrogen) atoms. The normalized spacial score (nSPS) is 12.6. The van der Waals surface area contributed by atoms with Gasteiger partial charge in [0.2, 0.25) is 6.19 Å². The molecule has 0 aromatic rings. The van der Waals surface area contributed by atoms with Gasteiger partial charge in [-0.1, -0.05) is 12.6 Å². The van der Waals surface area contributed by atoms with Crippen molar-refractivity contribution in [3.05, 3.63) is 0 Å². The molecule has 0 aromatic heterocycles. The summed E-state index contributed by atoms with van der Waals surface area (Å²) in [7, 11) is -0.833. The van der Waals surface area contributed by atoms with E-state index in [0.29, 0.717) is 0 Å². The Bertz CT molecular complexity index is 169. The van der Waals surface area contributed by atoms with Gasteiger partial charge in [0.25, 0.3) is 4.45 Å². The van der Waals surface area contributed by atoms with E-state index in [-0.39, 0.29) is 4.45 Å². The predicted molar refractivity (Wildman–Crippen MR) is 35.7 cm³/mol. The second-order valence-electron chi connectivity index (χ2n) is 0.935. The van der Waals surface area contributed by atoms with E-state index < -0.39 is 10.7 Å². The molecule has 0 saturated carbocycles. The van der Waals surface area contributed by atoms with Crippen molar-refractivity contribution in [2.75, 3.05) is 6.26 Å². The van der Waals surface area contributed by atoms with E-state index in [9.17, 15) is 4.79 Å². The average Bonchev–Trinajstić information content (AvgIpc) is 1.67. The smallest absolute Gasteiger partial charge is 0.254 e.